The molecule has 0 N–H and O–H groups in total. The third-order valence-corrected chi connectivity index (χ3v) is 3.84. The van der Waals surface area contributed by atoms with Gasteiger partial charge in [-0.25, -0.2) is 4.79 Å². The van der Waals surface area contributed by atoms with E-state index in [4.69, 9.17) is 9.47 Å². The fraction of sp³-hybridized carbons (Fsp3) is 0.474. The van der Waals surface area contributed by atoms with Crippen molar-refractivity contribution >= 4 is 17.0 Å². The molecule has 0 aliphatic carbocycles. The van der Waals surface area contributed by atoms with Gasteiger partial charge in [0.2, 0.25) is 0 Å². The van der Waals surface area contributed by atoms with Crippen LogP contribution in [0.5, 0.6) is 5.75 Å². The molecule has 0 saturated heterocycles. The Bertz CT molecular complexity index is 833. The number of nitriles is 1. The number of aromatic nitrogens is 1. The van der Waals surface area contributed by atoms with E-state index in [1.807, 2.05) is 53.7 Å². The van der Waals surface area contributed by atoms with Gasteiger partial charge in [0.25, 0.3) is 0 Å². The van der Waals surface area contributed by atoms with Crippen LogP contribution >= 0.6 is 0 Å². The monoisotopic (exact) mass is 328 g/mol. The Kier molecular flexibility index (Phi) is 4.36. The first-order chi connectivity index (χ1) is 11.0. The summed E-state index contributed by atoms with van der Waals surface area (Å²) in [5, 5.41) is 10.4. The van der Waals surface area contributed by atoms with Crippen LogP contribution in [0.25, 0.3) is 10.9 Å². The number of carbonyl (C=O) groups excluding carboxylic acids is 1. The van der Waals surface area contributed by atoms with Crippen LogP contribution in [0, 0.1) is 18.3 Å². The summed E-state index contributed by atoms with van der Waals surface area (Å²) in [5.74, 6) is 0.647. The van der Waals surface area contributed by atoms with Gasteiger partial charge in [0.1, 0.15) is 11.4 Å². The topological polar surface area (TPSA) is 64.2 Å². The maximum atomic E-state index is 12.5. The SMILES string of the molecule is COc1cc(C)c2c(ccn2C(=O)OC(C)(C)C)c1C(C)(C)C#N. The van der Waals surface area contributed by atoms with Gasteiger partial charge in [-0.2, -0.15) is 5.26 Å². The van der Waals surface area contributed by atoms with Crippen LogP contribution in [0.4, 0.5) is 4.79 Å². The van der Waals surface area contributed by atoms with E-state index in [0.717, 1.165) is 22.0 Å². The fourth-order valence-corrected chi connectivity index (χ4v) is 2.83. The number of methoxy groups -OCH3 is 1. The number of carbonyl (C=O) groups is 1. The van der Waals surface area contributed by atoms with Crippen molar-refractivity contribution in [1.29, 1.82) is 5.26 Å². The number of fused-ring (bicyclic) bond motifs is 1. The first-order valence-corrected chi connectivity index (χ1v) is 7.85. The molecule has 0 saturated carbocycles. The van der Waals surface area contributed by atoms with Crippen molar-refractivity contribution in [1.82, 2.24) is 4.57 Å². The van der Waals surface area contributed by atoms with Crippen molar-refractivity contribution in [2.24, 2.45) is 0 Å². The molecule has 0 atom stereocenters. The third kappa shape index (κ3) is 3.09. The predicted molar refractivity (Wildman–Crippen MR) is 93.5 cm³/mol. The van der Waals surface area contributed by atoms with Gasteiger partial charge in [-0.15, -0.1) is 0 Å². The summed E-state index contributed by atoms with van der Waals surface area (Å²) in [5.41, 5.74) is 1.06. The molecule has 2 aromatic rings. The number of hydrogen-bond acceptors (Lipinski definition) is 4. The zero-order valence-corrected chi connectivity index (χ0v) is 15.4. The Labute approximate surface area is 142 Å². The van der Waals surface area contributed by atoms with E-state index >= 15 is 0 Å². The average molecular weight is 328 g/mol. The summed E-state index contributed by atoms with van der Waals surface area (Å²) in [4.78, 5) is 12.5. The lowest BCUT2D eigenvalue weighted by Gasteiger charge is -2.23. The van der Waals surface area contributed by atoms with E-state index in [-0.39, 0.29) is 0 Å². The van der Waals surface area contributed by atoms with Gasteiger partial charge in [0.05, 0.1) is 24.1 Å². The highest BCUT2D eigenvalue weighted by molar-refractivity contribution is 5.96. The van der Waals surface area contributed by atoms with Gasteiger partial charge < -0.3 is 9.47 Å². The first-order valence-electron chi connectivity index (χ1n) is 7.85. The Morgan fingerprint density at radius 3 is 2.38 bits per heavy atom. The van der Waals surface area contributed by atoms with E-state index in [9.17, 15) is 10.1 Å². The number of ether oxygens (including phenoxy) is 2. The summed E-state index contributed by atoms with van der Waals surface area (Å²) in [6, 6.07) is 6.01. The standard InChI is InChI=1S/C19H24N2O3/c1-12-10-14(23-7)15(19(5,6)11-20)13-8-9-21(16(12)13)17(22)24-18(2,3)4/h8-10H,1-7H3. The number of aryl methyl sites for hydroxylation is 1. The Balaban J connectivity index is 2.76. The molecule has 24 heavy (non-hydrogen) atoms. The molecular weight excluding hydrogens is 304 g/mol. The summed E-state index contributed by atoms with van der Waals surface area (Å²) in [7, 11) is 1.59. The van der Waals surface area contributed by atoms with Gasteiger partial charge in [0.15, 0.2) is 0 Å². The van der Waals surface area contributed by atoms with Crippen molar-refractivity contribution in [3.8, 4) is 11.8 Å². The van der Waals surface area contributed by atoms with Crippen LogP contribution in [0.3, 0.4) is 0 Å². The molecule has 128 valence electrons. The van der Waals surface area contributed by atoms with Crippen molar-refractivity contribution in [2.45, 2.75) is 52.6 Å². The molecule has 0 bridgehead atoms. The number of nitrogens with zero attached hydrogens (tertiary/aromatic N) is 2. The Morgan fingerprint density at radius 2 is 1.88 bits per heavy atom. The molecule has 1 heterocycles. The molecule has 0 fully saturated rings. The maximum absolute atomic E-state index is 12.5. The minimum absolute atomic E-state index is 0.438. The minimum Gasteiger partial charge on any atom is -0.496 e. The highest BCUT2D eigenvalue weighted by Crippen LogP contribution is 2.39. The van der Waals surface area contributed by atoms with Gasteiger partial charge in [-0.1, -0.05) is 0 Å². The lowest BCUT2D eigenvalue weighted by molar-refractivity contribution is 0.0544. The lowest BCUT2D eigenvalue weighted by atomic mass is 9.83. The molecule has 0 aliphatic heterocycles. The molecule has 0 spiro atoms. The van der Waals surface area contributed by atoms with Gasteiger partial charge in [-0.3, -0.25) is 4.57 Å². The van der Waals surface area contributed by atoms with Crippen molar-refractivity contribution in [2.75, 3.05) is 7.11 Å². The van der Waals surface area contributed by atoms with Crippen LogP contribution in [-0.2, 0) is 10.2 Å². The molecule has 0 aliphatic rings. The second kappa shape index (κ2) is 5.86. The molecule has 2 rings (SSSR count). The molecule has 5 nitrogen and oxygen atoms in total. The van der Waals surface area contributed by atoms with Gasteiger partial charge in [0, 0.05) is 17.1 Å². The zero-order valence-electron chi connectivity index (χ0n) is 15.4. The minimum atomic E-state index is -0.753. The van der Waals surface area contributed by atoms with E-state index in [0.29, 0.717) is 5.75 Å². The second-order valence-electron chi connectivity index (χ2n) is 7.44. The van der Waals surface area contributed by atoms with Gasteiger partial charge in [-0.05, 0) is 59.2 Å². The highest BCUT2D eigenvalue weighted by atomic mass is 16.6. The van der Waals surface area contributed by atoms with Crippen molar-refractivity contribution < 1.29 is 14.3 Å². The molecular formula is C19H24N2O3. The highest BCUT2D eigenvalue weighted by Gasteiger charge is 2.30. The summed E-state index contributed by atoms with van der Waals surface area (Å²) in [6.07, 6.45) is 1.24. The Hall–Kier alpha value is -2.48. The number of benzene rings is 1. The quantitative estimate of drug-likeness (QED) is 0.811. The van der Waals surface area contributed by atoms with Crippen LogP contribution in [0.1, 0.15) is 45.7 Å². The first kappa shape index (κ1) is 17.9. The van der Waals surface area contributed by atoms with Crippen LogP contribution in [-0.4, -0.2) is 23.4 Å². The van der Waals surface area contributed by atoms with E-state index in [1.165, 1.54) is 4.57 Å². The summed E-state index contributed by atoms with van der Waals surface area (Å²) >= 11 is 0. The fourth-order valence-electron chi connectivity index (χ4n) is 2.83. The molecule has 1 aromatic heterocycles. The maximum Gasteiger partial charge on any atom is 0.419 e. The largest absolute Gasteiger partial charge is 0.496 e. The molecule has 5 heteroatoms. The van der Waals surface area contributed by atoms with Gasteiger partial charge >= 0.3 is 6.09 Å². The average Bonchev–Trinajstić information content (AvgIpc) is 2.90. The van der Waals surface area contributed by atoms with E-state index in [1.54, 1.807) is 13.3 Å². The molecule has 0 unspecified atom stereocenters. The van der Waals surface area contributed by atoms with Crippen molar-refractivity contribution in [3.63, 3.8) is 0 Å². The summed E-state index contributed by atoms with van der Waals surface area (Å²) in [6.45, 7) is 11.1. The third-order valence-electron chi connectivity index (χ3n) is 3.84. The van der Waals surface area contributed by atoms with Crippen LogP contribution in [0.15, 0.2) is 18.3 Å². The zero-order chi connectivity index (χ0) is 18.3. The summed E-state index contributed by atoms with van der Waals surface area (Å²) < 4.78 is 12.5. The number of rotatable bonds is 2. The molecule has 0 amide bonds. The molecule has 0 radical (unpaired) electrons. The van der Waals surface area contributed by atoms with E-state index in [2.05, 4.69) is 6.07 Å². The lowest BCUT2D eigenvalue weighted by Crippen LogP contribution is -2.27. The van der Waals surface area contributed by atoms with Crippen molar-refractivity contribution in [3.05, 3.63) is 29.5 Å². The van der Waals surface area contributed by atoms with E-state index < -0.39 is 17.1 Å². The number of hydrogen-bond donors (Lipinski definition) is 0. The smallest absolute Gasteiger partial charge is 0.419 e. The normalized spacial score (nSPS) is 12.1. The predicted octanol–water partition coefficient (Wildman–Crippen LogP) is 4.54. The van der Waals surface area contributed by atoms with Crippen LogP contribution < -0.4 is 4.74 Å². The molecule has 1 aromatic carbocycles. The van der Waals surface area contributed by atoms with Crippen LogP contribution in [0.2, 0.25) is 0 Å². The Morgan fingerprint density at radius 1 is 1.25 bits per heavy atom. The second-order valence-corrected chi connectivity index (χ2v) is 7.44.